The number of para-hydroxylation sites is 1. The number of hydrogen-bond acceptors (Lipinski definition) is 2. The Hall–Kier alpha value is -3.11. The predicted octanol–water partition coefficient (Wildman–Crippen LogP) is 5.09. The molecule has 0 aliphatic carbocycles. The van der Waals surface area contributed by atoms with Gasteiger partial charge < -0.3 is 9.80 Å². The van der Waals surface area contributed by atoms with Crippen molar-refractivity contribution in [3.05, 3.63) is 100 Å². The lowest BCUT2D eigenvalue weighted by Gasteiger charge is -2.23. The molecule has 152 valence electrons. The molecule has 1 aliphatic rings. The van der Waals surface area contributed by atoms with E-state index < -0.39 is 0 Å². The van der Waals surface area contributed by atoms with E-state index in [1.54, 1.807) is 34.1 Å². The summed E-state index contributed by atoms with van der Waals surface area (Å²) in [4.78, 5) is 29.7. The SMILES string of the molecule is CCc1ccc(CN2C(=O)CN(C(=O)c3ccc(Cl)cc3)Cc3ccccc32)cc1. The molecular formula is C25H23ClN2O2. The monoisotopic (exact) mass is 418 g/mol. The van der Waals surface area contributed by atoms with Crippen molar-refractivity contribution in [1.82, 2.24) is 4.90 Å². The summed E-state index contributed by atoms with van der Waals surface area (Å²) in [7, 11) is 0. The summed E-state index contributed by atoms with van der Waals surface area (Å²) in [6.07, 6.45) is 0.980. The topological polar surface area (TPSA) is 40.6 Å². The summed E-state index contributed by atoms with van der Waals surface area (Å²) in [5.74, 6) is -0.272. The maximum Gasteiger partial charge on any atom is 0.254 e. The molecule has 5 heteroatoms. The van der Waals surface area contributed by atoms with Crippen LogP contribution in [-0.2, 0) is 24.3 Å². The van der Waals surface area contributed by atoms with Gasteiger partial charge in [0.05, 0.1) is 6.54 Å². The van der Waals surface area contributed by atoms with Crippen molar-refractivity contribution < 1.29 is 9.59 Å². The summed E-state index contributed by atoms with van der Waals surface area (Å²) < 4.78 is 0. The van der Waals surface area contributed by atoms with Crippen molar-refractivity contribution in [2.45, 2.75) is 26.4 Å². The highest BCUT2D eigenvalue weighted by molar-refractivity contribution is 6.30. The fraction of sp³-hybridized carbons (Fsp3) is 0.200. The number of carbonyl (C=O) groups excluding carboxylic acids is 2. The lowest BCUT2D eigenvalue weighted by Crippen LogP contribution is -2.39. The summed E-state index contributed by atoms with van der Waals surface area (Å²) in [6, 6.07) is 22.9. The fourth-order valence-corrected chi connectivity index (χ4v) is 3.83. The summed E-state index contributed by atoms with van der Waals surface area (Å²) in [5.41, 5.74) is 4.66. The number of halogens is 1. The minimum atomic E-state index is -0.177. The second kappa shape index (κ2) is 8.72. The molecule has 0 unspecified atom stereocenters. The quantitative estimate of drug-likeness (QED) is 0.592. The van der Waals surface area contributed by atoms with E-state index in [1.807, 2.05) is 24.3 Å². The minimum Gasteiger partial charge on any atom is -0.325 e. The van der Waals surface area contributed by atoms with Crippen molar-refractivity contribution in [2.75, 3.05) is 11.4 Å². The molecule has 3 aromatic rings. The first-order chi connectivity index (χ1) is 14.5. The number of amides is 2. The zero-order chi connectivity index (χ0) is 21.1. The second-order valence-electron chi connectivity index (χ2n) is 7.45. The largest absolute Gasteiger partial charge is 0.325 e. The van der Waals surface area contributed by atoms with Crippen LogP contribution in [0.2, 0.25) is 5.02 Å². The van der Waals surface area contributed by atoms with Gasteiger partial charge >= 0.3 is 0 Å². The standard InChI is InChI=1S/C25H23ClN2O2/c1-2-18-7-9-19(10-8-18)15-28-23-6-4-3-5-21(23)16-27(17-24(28)29)25(30)20-11-13-22(26)14-12-20/h3-14H,2,15-17H2,1H3. The van der Waals surface area contributed by atoms with Crippen LogP contribution >= 0.6 is 11.6 Å². The van der Waals surface area contributed by atoms with Crippen LogP contribution in [0.3, 0.4) is 0 Å². The van der Waals surface area contributed by atoms with Gasteiger partial charge in [-0.25, -0.2) is 0 Å². The molecule has 30 heavy (non-hydrogen) atoms. The van der Waals surface area contributed by atoms with Gasteiger partial charge in [0.1, 0.15) is 6.54 Å². The van der Waals surface area contributed by atoms with E-state index in [9.17, 15) is 9.59 Å². The predicted molar refractivity (Wildman–Crippen MR) is 120 cm³/mol. The van der Waals surface area contributed by atoms with Crippen molar-refractivity contribution in [2.24, 2.45) is 0 Å². The van der Waals surface area contributed by atoms with E-state index in [2.05, 4.69) is 31.2 Å². The molecule has 0 spiro atoms. The number of aryl methyl sites for hydroxylation is 1. The third-order valence-electron chi connectivity index (χ3n) is 5.42. The van der Waals surface area contributed by atoms with Crippen LogP contribution in [0, 0.1) is 0 Å². The van der Waals surface area contributed by atoms with E-state index in [0.29, 0.717) is 23.7 Å². The Balaban J connectivity index is 1.63. The molecule has 4 nitrogen and oxygen atoms in total. The zero-order valence-corrected chi connectivity index (χ0v) is 17.6. The van der Waals surface area contributed by atoms with Crippen molar-refractivity contribution in [3.63, 3.8) is 0 Å². The number of anilines is 1. The third kappa shape index (κ3) is 4.24. The van der Waals surface area contributed by atoms with Gasteiger partial charge in [-0.05, 0) is 53.4 Å². The Morgan fingerprint density at radius 1 is 0.900 bits per heavy atom. The van der Waals surface area contributed by atoms with Crippen molar-refractivity contribution >= 4 is 29.1 Å². The van der Waals surface area contributed by atoms with Crippen LogP contribution in [0.1, 0.15) is 34.0 Å². The molecule has 1 heterocycles. The fourth-order valence-electron chi connectivity index (χ4n) is 3.71. The van der Waals surface area contributed by atoms with E-state index in [1.165, 1.54) is 5.56 Å². The lowest BCUT2D eigenvalue weighted by molar-refractivity contribution is -0.119. The molecular weight excluding hydrogens is 396 g/mol. The number of hydrogen-bond donors (Lipinski definition) is 0. The maximum absolute atomic E-state index is 13.2. The summed E-state index contributed by atoms with van der Waals surface area (Å²) in [6.45, 7) is 3.01. The Morgan fingerprint density at radius 2 is 1.57 bits per heavy atom. The van der Waals surface area contributed by atoms with E-state index in [-0.39, 0.29) is 18.4 Å². The van der Waals surface area contributed by atoms with Crippen LogP contribution in [-0.4, -0.2) is 23.3 Å². The average Bonchev–Trinajstić information content (AvgIpc) is 2.91. The van der Waals surface area contributed by atoms with Gasteiger partial charge in [-0.3, -0.25) is 9.59 Å². The molecule has 4 rings (SSSR count). The maximum atomic E-state index is 13.2. The minimum absolute atomic E-state index is 0.0309. The average molecular weight is 419 g/mol. The highest BCUT2D eigenvalue weighted by Crippen LogP contribution is 2.28. The third-order valence-corrected chi connectivity index (χ3v) is 5.67. The molecule has 0 radical (unpaired) electrons. The second-order valence-corrected chi connectivity index (χ2v) is 7.88. The molecule has 3 aromatic carbocycles. The van der Waals surface area contributed by atoms with Crippen molar-refractivity contribution in [3.8, 4) is 0 Å². The Morgan fingerprint density at radius 3 is 2.27 bits per heavy atom. The Kier molecular flexibility index (Phi) is 5.86. The summed E-state index contributed by atoms with van der Waals surface area (Å²) >= 11 is 5.95. The molecule has 0 atom stereocenters. The van der Waals surface area contributed by atoms with Crippen molar-refractivity contribution in [1.29, 1.82) is 0 Å². The van der Waals surface area contributed by atoms with Gasteiger partial charge in [0, 0.05) is 22.8 Å². The van der Waals surface area contributed by atoms with Crippen LogP contribution in [0.25, 0.3) is 0 Å². The smallest absolute Gasteiger partial charge is 0.254 e. The van der Waals surface area contributed by atoms with Crippen LogP contribution < -0.4 is 4.90 Å². The number of benzene rings is 3. The number of rotatable bonds is 4. The number of carbonyl (C=O) groups is 2. The van der Waals surface area contributed by atoms with E-state index >= 15 is 0 Å². The highest BCUT2D eigenvalue weighted by atomic mass is 35.5. The highest BCUT2D eigenvalue weighted by Gasteiger charge is 2.29. The van der Waals surface area contributed by atoms with E-state index in [4.69, 9.17) is 11.6 Å². The number of fused-ring (bicyclic) bond motifs is 1. The van der Waals surface area contributed by atoms with Gasteiger partial charge in [0.15, 0.2) is 0 Å². The van der Waals surface area contributed by atoms with Gasteiger partial charge in [-0.2, -0.15) is 0 Å². The first-order valence-electron chi connectivity index (χ1n) is 10.1. The van der Waals surface area contributed by atoms with Crippen LogP contribution in [0.5, 0.6) is 0 Å². The zero-order valence-electron chi connectivity index (χ0n) is 16.8. The molecule has 0 fully saturated rings. The summed E-state index contributed by atoms with van der Waals surface area (Å²) in [5, 5.41) is 0.573. The van der Waals surface area contributed by atoms with E-state index in [0.717, 1.165) is 23.2 Å². The number of nitrogens with zero attached hydrogens (tertiary/aromatic N) is 2. The van der Waals surface area contributed by atoms with Gasteiger partial charge in [-0.1, -0.05) is 61.0 Å². The first kappa shape index (κ1) is 20.2. The molecule has 1 aliphatic heterocycles. The van der Waals surface area contributed by atoms with Crippen LogP contribution in [0.4, 0.5) is 5.69 Å². The van der Waals surface area contributed by atoms with Gasteiger partial charge in [-0.15, -0.1) is 0 Å². The molecule has 0 N–H and O–H groups in total. The Bertz CT molecular complexity index is 1060. The van der Waals surface area contributed by atoms with Gasteiger partial charge in [0.25, 0.3) is 5.91 Å². The molecule has 0 saturated carbocycles. The lowest BCUT2D eigenvalue weighted by atomic mass is 10.1. The molecule has 0 saturated heterocycles. The Labute approximate surface area is 181 Å². The molecule has 0 bridgehead atoms. The normalized spacial score (nSPS) is 13.7. The van der Waals surface area contributed by atoms with Gasteiger partial charge in [0.2, 0.25) is 5.91 Å². The van der Waals surface area contributed by atoms with Crippen LogP contribution in [0.15, 0.2) is 72.8 Å². The first-order valence-corrected chi connectivity index (χ1v) is 10.4. The molecule has 2 amide bonds. The molecule has 0 aromatic heterocycles.